The fourth-order valence-corrected chi connectivity index (χ4v) is 3.29. The van der Waals surface area contributed by atoms with Gasteiger partial charge in [-0.05, 0) is 18.8 Å². The van der Waals surface area contributed by atoms with Crippen LogP contribution in [0, 0.1) is 5.92 Å². The fourth-order valence-electron chi connectivity index (χ4n) is 2.06. The predicted octanol–water partition coefficient (Wildman–Crippen LogP) is -1.18. The molecule has 0 radical (unpaired) electrons. The first-order valence-corrected chi connectivity index (χ1v) is 7.75. The third-order valence-corrected chi connectivity index (χ3v) is 4.88. The predicted molar refractivity (Wildman–Crippen MR) is 68.3 cm³/mol. The first-order valence-electron chi connectivity index (χ1n) is 6.31. The Bertz CT molecular complexity index is 467. The normalized spacial score (nSPS) is 18.8. The Morgan fingerprint density at radius 3 is 2.68 bits per heavy atom. The van der Waals surface area contributed by atoms with Crippen molar-refractivity contribution in [3.8, 4) is 0 Å². The molecule has 0 saturated carbocycles. The highest BCUT2D eigenvalue weighted by Crippen LogP contribution is 2.18. The summed E-state index contributed by atoms with van der Waals surface area (Å²) < 4.78 is 29.6. The van der Waals surface area contributed by atoms with Crippen molar-refractivity contribution in [3.05, 3.63) is 12.4 Å². The van der Waals surface area contributed by atoms with Gasteiger partial charge in [-0.3, -0.25) is 4.68 Å². The molecular formula is C10H19N5O3S. The second-order valence-corrected chi connectivity index (χ2v) is 6.35. The third-order valence-electron chi connectivity index (χ3n) is 3.27. The molecule has 1 aromatic rings. The van der Waals surface area contributed by atoms with Gasteiger partial charge in [0.15, 0.2) is 0 Å². The number of aromatic nitrogens is 3. The average Bonchev–Trinajstić information content (AvgIpc) is 2.92. The molecule has 1 saturated heterocycles. The molecule has 1 aromatic heterocycles. The van der Waals surface area contributed by atoms with Crippen LogP contribution in [0.3, 0.4) is 0 Å². The quantitative estimate of drug-likeness (QED) is 0.686. The van der Waals surface area contributed by atoms with E-state index >= 15 is 0 Å². The smallest absolute Gasteiger partial charge is 0.279 e. The molecule has 0 aliphatic carbocycles. The van der Waals surface area contributed by atoms with Crippen molar-refractivity contribution in [2.75, 3.05) is 26.2 Å². The topological polar surface area (TPSA) is 100 Å². The lowest BCUT2D eigenvalue weighted by Gasteiger charge is -2.30. The number of hydrogen-bond acceptors (Lipinski definition) is 5. The first-order chi connectivity index (χ1) is 9.12. The molecule has 9 heteroatoms. The summed E-state index contributed by atoms with van der Waals surface area (Å²) in [5.74, 6) is 0.224. The molecule has 2 heterocycles. The van der Waals surface area contributed by atoms with Crippen molar-refractivity contribution in [2.24, 2.45) is 5.92 Å². The molecule has 108 valence electrons. The molecule has 1 fully saturated rings. The van der Waals surface area contributed by atoms with E-state index in [4.69, 9.17) is 5.11 Å². The van der Waals surface area contributed by atoms with Crippen LogP contribution < -0.4 is 4.72 Å². The zero-order valence-corrected chi connectivity index (χ0v) is 11.5. The number of hydrogen-bond donors (Lipinski definition) is 2. The van der Waals surface area contributed by atoms with E-state index in [-0.39, 0.29) is 19.1 Å². The Balaban J connectivity index is 1.78. The lowest BCUT2D eigenvalue weighted by atomic mass is 10.00. The van der Waals surface area contributed by atoms with Crippen LogP contribution in [-0.2, 0) is 16.8 Å². The average molecular weight is 289 g/mol. The maximum absolute atomic E-state index is 12.0. The Kier molecular flexibility index (Phi) is 4.86. The van der Waals surface area contributed by atoms with Crippen molar-refractivity contribution in [3.63, 3.8) is 0 Å². The van der Waals surface area contributed by atoms with Crippen LogP contribution in [0.15, 0.2) is 12.4 Å². The van der Waals surface area contributed by atoms with E-state index in [1.807, 2.05) is 0 Å². The van der Waals surface area contributed by atoms with E-state index in [0.29, 0.717) is 32.5 Å². The third kappa shape index (κ3) is 3.96. The van der Waals surface area contributed by atoms with E-state index in [1.54, 1.807) is 17.1 Å². The van der Waals surface area contributed by atoms with Crippen LogP contribution in [-0.4, -0.2) is 59.1 Å². The Labute approximate surface area is 112 Å². The van der Waals surface area contributed by atoms with Crippen molar-refractivity contribution in [1.29, 1.82) is 0 Å². The number of nitrogens with zero attached hydrogens (tertiary/aromatic N) is 4. The van der Waals surface area contributed by atoms with Gasteiger partial charge in [-0.15, -0.1) is 5.10 Å². The van der Waals surface area contributed by atoms with Crippen LogP contribution in [0.5, 0.6) is 0 Å². The molecule has 1 aliphatic rings. The molecule has 0 atom stereocenters. The highest BCUT2D eigenvalue weighted by molar-refractivity contribution is 7.87. The maximum Gasteiger partial charge on any atom is 0.279 e. The summed E-state index contributed by atoms with van der Waals surface area (Å²) in [6, 6.07) is 0. The minimum absolute atomic E-state index is 0.133. The van der Waals surface area contributed by atoms with E-state index in [1.165, 1.54) is 4.31 Å². The van der Waals surface area contributed by atoms with E-state index in [2.05, 4.69) is 15.0 Å². The summed E-state index contributed by atoms with van der Waals surface area (Å²) in [6.45, 7) is 1.79. The SMILES string of the molecule is O=S(=O)(NCCn1ccnn1)N1CCC(CO)CC1. The van der Waals surface area contributed by atoms with Crippen LogP contribution >= 0.6 is 0 Å². The Morgan fingerprint density at radius 2 is 2.11 bits per heavy atom. The molecule has 8 nitrogen and oxygen atoms in total. The Hall–Kier alpha value is -1.03. The molecule has 1 aliphatic heterocycles. The molecular weight excluding hydrogens is 270 g/mol. The fraction of sp³-hybridized carbons (Fsp3) is 0.800. The second kappa shape index (κ2) is 6.42. The van der Waals surface area contributed by atoms with Crippen LogP contribution in [0.1, 0.15) is 12.8 Å². The second-order valence-electron chi connectivity index (χ2n) is 4.59. The summed E-state index contributed by atoms with van der Waals surface area (Å²) in [6.07, 6.45) is 4.65. The maximum atomic E-state index is 12.0. The van der Waals surface area contributed by atoms with Crippen molar-refractivity contribution in [2.45, 2.75) is 19.4 Å². The summed E-state index contributed by atoms with van der Waals surface area (Å²) in [5, 5.41) is 16.4. The standard InChI is InChI=1S/C10H19N5O3S/c16-9-10-1-5-15(6-2-10)19(17,18)12-4-8-14-7-3-11-13-14/h3,7,10,12,16H,1-2,4-6,8-9H2. The molecule has 0 bridgehead atoms. The van der Waals surface area contributed by atoms with Gasteiger partial charge >= 0.3 is 0 Å². The van der Waals surface area contributed by atoms with Crippen molar-refractivity contribution in [1.82, 2.24) is 24.0 Å². The van der Waals surface area contributed by atoms with Gasteiger partial charge in [0.05, 0.1) is 12.7 Å². The van der Waals surface area contributed by atoms with Gasteiger partial charge in [0, 0.05) is 32.4 Å². The number of nitrogens with one attached hydrogen (secondary N) is 1. The number of aliphatic hydroxyl groups is 1. The molecule has 0 unspecified atom stereocenters. The van der Waals surface area contributed by atoms with Gasteiger partial charge in [0.1, 0.15) is 0 Å². The van der Waals surface area contributed by atoms with Crippen LogP contribution in [0.4, 0.5) is 0 Å². The van der Waals surface area contributed by atoms with Crippen LogP contribution in [0.25, 0.3) is 0 Å². The van der Waals surface area contributed by atoms with E-state index in [0.717, 1.165) is 0 Å². The number of rotatable bonds is 6. The molecule has 2 N–H and O–H groups in total. The molecule has 19 heavy (non-hydrogen) atoms. The highest BCUT2D eigenvalue weighted by atomic mass is 32.2. The lowest BCUT2D eigenvalue weighted by molar-refractivity contribution is 0.169. The Morgan fingerprint density at radius 1 is 1.37 bits per heavy atom. The minimum atomic E-state index is -3.43. The van der Waals surface area contributed by atoms with Gasteiger partial charge in [-0.2, -0.15) is 12.7 Å². The number of piperidine rings is 1. The van der Waals surface area contributed by atoms with E-state index < -0.39 is 10.2 Å². The van der Waals surface area contributed by atoms with Crippen molar-refractivity contribution >= 4 is 10.2 Å². The molecule has 0 amide bonds. The monoisotopic (exact) mass is 289 g/mol. The van der Waals surface area contributed by atoms with Gasteiger partial charge in [-0.1, -0.05) is 5.21 Å². The summed E-state index contributed by atoms with van der Waals surface area (Å²) in [5.41, 5.74) is 0. The van der Waals surface area contributed by atoms with Crippen LogP contribution in [0.2, 0.25) is 0 Å². The van der Waals surface area contributed by atoms with Gasteiger partial charge in [-0.25, -0.2) is 4.72 Å². The number of aliphatic hydroxyl groups excluding tert-OH is 1. The lowest BCUT2D eigenvalue weighted by Crippen LogP contribution is -2.46. The van der Waals surface area contributed by atoms with E-state index in [9.17, 15) is 8.42 Å². The zero-order chi connectivity index (χ0) is 13.7. The first kappa shape index (κ1) is 14.4. The van der Waals surface area contributed by atoms with Crippen molar-refractivity contribution < 1.29 is 13.5 Å². The zero-order valence-electron chi connectivity index (χ0n) is 10.6. The summed E-state index contributed by atoms with van der Waals surface area (Å²) >= 11 is 0. The molecule has 2 rings (SSSR count). The van der Waals surface area contributed by atoms with Gasteiger partial charge < -0.3 is 5.11 Å². The minimum Gasteiger partial charge on any atom is -0.396 e. The van der Waals surface area contributed by atoms with Gasteiger partial charge in [0.25, 0.3) is 10.2 Å². The molecule has 0 spiro atoms. The summed E-state index contributed by atoms with van der Waals surface area (Å²) in [7, 11) is -3.43. The largest absolute Gasteiger partial charge is 0.396 e. The highest BCUT2D eigenvalue weighted by Gasteiger charge is 2.27. The molecule has 0 aromatic carbocycles. The summed E-state index contributed by atoms with van der Waals surface area (Å²) in [4.78, 5) is 0. The van der Waals surface area contributed by atoms with Gasteiger partial charge in [0.2, 0.25) is 0 Å².